The normalized spacial score (nSPS) is 17.7. The molecular weight excluding hydrogens is 228 g/mol. The van der Waals surface area contributed by atoms with Crippen LogP contribution in [-0.2, 0) is 11.4 Å². The SMILES string of the molecule is CC(C)N1C(=O)C(C)(C)Nc2ccc(CO)cc21. The third-order valence-corrected chi connectivity index (χ3v) is 3.22. The van der Waals surface area contributed by atoms with Crippen molar-refractivity contribution in [1.82, 2.24) is 0 Å². The van der Waals surface area contributed by atoms with Crippen LogP contribution in [0.1, 0.15) is 33.3 Å². The molecule has 0 atom stereocenters. The zero-order valence-electron chi connectivity index (χ0n) is 11.3. The van der Waals surface area contributed by atoms with Gasteiger partial charge in [0.15, 0.2) is 0 Å². The number of aliphatic hydroxyl groups excluding tert-OH is 1. The number of hydrogen-bond donors (Lipinski definition) is 2. The molecular formula is C14H20N2O2. The summed E-state index contributed by atoms with van der Waals surface area (Å²) in [5, 5.41) is 12.5. The van der Waals surface area contributed by atoms with Gasteiger partial charge in [0, 0.05) is 6.04 Å². The zero-order valence-corrected chi connectivity index (χ0v) is 11.3. The predicted molar refractivity (Wildman–Crippen MR) is 72.7 cm³/mol. The Bertz CT molecular complexity index is 481. The van der Waals surface area contributed by atoms with E-state index in [1.54, 1.807) is 4.90 Å². The molecule has 0 saturated carbocycles. The molecule has 0 spiro atoms. The second kappa shape index (κ2) is 4.28. The molecule has 4 nitrogen and oxygen atoms in total. The van der Waals surface area contributed by atoms with E-state index in [0.717, 1.165) is 16.9 Å². The molecule has 2 N–H and O–H groups in total. The van der Waals surface area contributed by atoms with Crippen LogP contribution in [0.4, 0.5) is 11.4 Å². The van der Waals surface area contributed by atoms with Crippen LogP contribution in [0.25, 0.3) is 0 Å². The largest absolute Gasteiger partial charge is 0.392 e. The summed E-state index contributed by atoms with van der Waals surface area (Å²) < 4.78 is 0. The first-order valence-corrected chi connectivity index (χ1v) is 6.22. The third-order valence-electron chi connectivity index (χ3n) is 3.22. The number of carbonyl (C=O) groups is 1. The van der Waals surface area contributed by atoms with Gasteiger partial charge in [-0.05, 0) is 45.4 Å². The summed E-state index contributed by atoms with van der Waals surface area (Å²) in [6, 6.07) is 5.75. The highest BCUT2D eigenvalue weighted by Crippen LogP contribution is 2.37. The van der Waals surface area contributed by atoms with Crippen molar-refractivity contribution in [2.45, 2.75) is 45.9 Å². The number of amides is 1. The lowest BCUT2D eigenvalue weighted by Crippen LogP contribution is -2.56. The second-order valence-electron chi connectivity index (χ2n) is 5.53. The second-order valence-corrected chi connectivity index (χ2v) is 5.53. The number of fused-ring (bicyclic) bond motifs is 1. The van der Waals surface area contributed by atoms with Gasteiger partial charge in [0.25, 0.3) is 5.91 Å². The summed E-state index contributed by atoms with van der Waals surface area (Å²) in [4.78, 5) is 14.2. The topological polar surface area (TPSA) is 52.6 Å². The maximum atomic E-state index is 12.5. The molecule has 0 radical (unpaired) electrons. The van der Waals surface area contributed by atoms with E-state index in [1.165, 1.54) is 0 Å². The van der Waals surface area contributed by atoms with Gasteiger partial charge in [-0.1, -0.05) is 6.07 Å². The molecule has 0 fully saturated rings. The van der Waals surface area contributed by atoms with Gasteiger partial charge in [-0.2, -0.15) is 0 Å². The molecule has 1 aromatic carbocycles. The van der Waals surface area contributed by atoms with Gasteiger partial charge in [-0.15, -0.1) is 0 Å². The van der Waals surface area contributed by atoms with Crippen molar-refractivity contribution >= 4 is 17.3 Å². The number of carbonyl (C=O) groups excluding carboxylic acids is 1. The smallest absolute Gasteiger partial charge is 0.252 e. The van der Waals surface area contributed by atoms with Crippen molar-refractivity contribution in [3.8, 4) is 0 Å². The molecule has 1 amide bonds. The molecule has 2 rings (SSSR count). The number of hydrogen-bond acceptors (Lipinski definition) is 3. The number of anilines is 2. The lowest BCUT2D eigenvalue weighted by Gasteiger charge is -2.42. The number of nitrogens with zero attached hydrogens (tertiary/aromatic N) is 1. The fraction of sp³-hybridized carbons (Fsp3) is 0.500. The Morgan fingerprint density at radius 3 is 2.61 bits per heavy atom. The standard InChI is InChI=1S/C14H20N2O2/c1-9(2)16-12-7-10(8-17)5-6-11(12)15-14(3,4)13(16)18/h5-7,9,15,17H,8H2,1-4H3. The van der Waals surface area contributed by atoms with Gasteiger partial charge in [-0.3, -0.25) is 4.79 Å². The number of aliphatic hydroxyl groups is 1. The van der Waals surface area contributed by atoms with Crippen LogP contribution in [0.15, 0.2) is 18.2 Å². The maximum Gasteiger partial charge on any atom is 0.252 e. The Balaban J connectivity index is 2.57. The fourth-order valence-electron chi connectivity index (χ4n) is 2.29. The molecule has 0 saturated heterocycles. The minimum absolute atomic E-state index is 0.0171. The Morgan fingerprint density at radius 2 is 2.06 bits per heavy atom. The van der Waals surface area contributed by atoms with E-state index in [9.17, 15) is 9.90 Å². The molecule has 0 bridgehead atoms. The summed E-state index contributed by atoms with van der Waals surface area (Å²) in [7, 11) is 0. The van der Waals surface area contributed by atoms with Crippen molar-refractivity contribution < 1.29 is 9.90 Å². The highest BCUT2D eigenvalue weighted by atomic mass is 16.3. The summed E-state index contributed by atoms with van der Waals surface area (Å²) in [6.45, 7) is 7.74. The van der Waals surface area contributed by atoms with E-state index in [-0.39, 0.29) is 18.6 Å². The molecule has 1 aliphatic heterocycles. The Kier molecular flexibility index (Phi) is 3.07. The van der Waals surface area contributed by atoms with Gasteiger partial charge in [0.1, 0.15) is 5.54 Å². The van der Waals surface area contributed by atoms with E-state index < -0.39 is 5.54 Å². The Morgan fingerprint density at radius 1 is 1.39 bits per heavy atom. The van der Waals surface area contributed by atoms with Crippen LogP contribution < -0.4 is 10.2 Å². The van der Waals surface area contributed by atoms with Crippen molar-refractivity contribution in [1.29, 1.82) is 0 Å². The Hall–Kier alpha value is -1.55. The van der Waals surface area contributed by atoms with Crippen molar-refractivity contribution in [2.24, 2.45) is 0 Å². The highest BCUT2D eigenvalue weighted by Gasteiger charge is 2.39. The minimum atomic E-state index is -0.599. The van der Waals surface area contributed by atoms with Gasteiger partial charge in [-0.25, -0.2) is 0 Å². The molecule has 1 aromatic rings. The first kappa shape index (κ1) is 12.9. The van der Waals surface area contributed by atoms with Crippen LogP contribution in [0.3, 0.4) is 0 Å². The fourth-order valence-corrected chi connectivity index (χ4v) is 2.29. The minimum Gasteiger partial charge on any atom is -0.392 e. The van der Waals surface area contributed by atoms with Crippen molar-refractivity contribution in [3.63, 3.8) is 0 Å². The van der Waals surface area contributed by atoms with Crippen LogP contribution in [-0.4, -0.2) is 22.6 Å². The Labute approximate surface area is 108 Å². The molecule has 0 aromatic heterocycles. The van der Waals surface area contributed by atoms with Crippen LogP contribution >= 0.6 is 0 Å². The maximum absolute atomic E-state index is 12.5. The molecule has 0 unspecified atom stereocenters. The predicted octanol–water partition coefficient (Wildman–Crippen LogP) is 2.12. The van der Waals surface area contributed by atoms with E-state index in [4.69, 9.17) is 0 Å². The van der Waals surface area contributed by atoms with Gasteiger partial charge in [0.05, 0.1) is 18.0 Å². The molecule has 98 valence electrons. The third kappa shape index (κ3) is 1.97. The van der Waals surface area contributed by atoms with Crippen LogP contribution in [0.5, 0.6) is 0 Å². The van der Waals surface area contributed by atoms with Gasteiger partial charge >= 0.3 is 0 Å². The summed E-state index contributed by atoms with van der Waals surface area (Å²) in [5.74, 6) is 0.0556. The van der Waals surface area contributed by atoms with Gasteiger partial charge < -0.3 is 15.3 Å². The lowest BCUT2D eigenvalue weighted by atomic mass is 9.96. The zero-order chi connectivity index (χ0) is 13.5. The molecule has 4 heteroatoms. The number of nitrogens with one attached hydrogen (secondary N) is 1. The molecule has 18 heavy (non-hydrogen) atoms. The van der Waals surface area contributed by atoms with Crippen LogP contribution in [0.2, 0.25) is 0 Å². The monoisotopic (exact) mass is 248 g/mol. The average molecular weight is 248 g/mol. The summed E-state index contributed by atoms with van der Waals surface area (Å²) >= 11 is 0. The van der Waals surface area contributed by atoms with Gasteiger partial charge in [0.2, 0.25) is 0 Å². The molecule has 0 aliphatic carbocycles. The van der Waals surface area contributed by atoms with E-state index in [0.29, 0.717) is 0 Å². The van der Waals surface area contributed by atoms with E-state index in [2.05, 4.69) is 5.32 Å². The summed E-state index contributed by atoms with van der Waals surface area (Å²) in [6.07, 6.45) is 0. The number of benzene rings is 1. The number of rotatable bonds is 2. The lowest BCUT2D eigenvalue weighted by molar-refractivity contribution is -0.122. The first-order valence-electron chi connectivity index (χ1n) is 6.22. The van der Waals surface area contributed by atoms with Crippen molar-refractivity contribution in [3.05, 3.63) is 23.8 Å². The molecule has 1 aliphatic rings. The van der Waals surface area contributed by atoms with Crippen LogP contribution in [0, 0.1) is 0 Å². The average Bonchev–Trinajstić information content (AvgIpc) is 2.29. The first-order chi connectivity index (χ1) is 8.36. The van der Waals surface area contributed by atoms with E-state index in [1.807, 2.05) is 45.9 Å². The van der Waals surface area contributed by atoms with Crippen molar-refractivity contribution in [2.75, 3.05) is 10.2 Å². The quantitative estimate of drug-likeness (QED) is 0.843. The van der Waals surface area contributed by atoms with E-state index >= 15 is 0 Å². The summed E-state index contributed by atoms with van der Waals surface area (Å²) in [5.41, 5.74) is 2.00. The highest BCUT2D eigenvalue weighted by molar-refractivity contribution is 6.07. The molecule has 1 heterocycles.